The maximum atomic E-state index is 9.48. The third-order valence-corrected chi connectivity index (χ3v) is 4.18. The van der Waals surface area contributed by atoms with E-state index in [-0.39, 0.29) is 5.15 Å². The molecule has 22 heavy (non-hydrogen) atoms. The lowest BCUT2D eigenvalue weighted by atomic mass is 10.1. The molecule has 2 heterocycles. The third-order valence-electron chi connectivity index (χ3n) is 3.90. The van der Waals surface area contributed by atoms with Crippen molar-refractivity contribution in [3.63, 3.8) is 0 Å². The first-order chi connectivity index (χ1) is 10.6. The fourth-order valence-corrected chi connectivity index (χ4v) is 3.15. The van der Waals surface area contributed by atoms with Crippen LogP contribution in [0.1, 0.15) is 16.7 Å². The van der Waals surface area contributed by atoms with Crippen LogP contribution in [0.25, 0.3) is 0 Å². The van der Waals surface area contributed by atoms with E-state index in [0.29, 0.717) is 5.56 Å². The van der Waals surface area contributed by atoms with Crippen LogP contribution >= 0.6 is 11.6 Å². The molecule has 0 N–H and O–H groups in total. The zero-order valence-corrected chi connectivity index (χ0v) is 13.4. The van der Waals surface area contributed by atoms with E-state index in [2.05, 4.69) is 28.1 Å². The highest BCUT2D eigenvalue weighted by Crippen LogP contribution is 2.40. The molecule has 0 spiro atoms. The van der Waals surface area contributed by atoms with Crippen molar-refractivity contribution >= 4 is 23.1 Å². The number of halogens is 1. The minimum atomic E-state index is 0.282. The number of fused-ring (bicyclic) bond motifs is 1. The van der Waals surface area contributed by atoms with E-state index in [1.807, 2.05) is 37.2 Å². The Hall–Kier alpha value is -2.25. The molecule has 0 saturated heterocycles. The van der Waals surface area contributed by atoms with Crippen molar-refractivity contribution in [1.82, 2.24) is 4.98 Å². The number of benzene rings is 1. The van der Waals surface area contributed by atoms with Crippen LogP contribution in [0.3, 0.4) is 0 Å². The number of anilines is 2. The largest absolute Gasteiger partial charge is 0.365 e. The van der Waals surface area contributed by atoms with Crippen molar-refractivity contribution in [2.24, 2.45) is 0 Å². The summed E-state index contributed by atoms with van der Waals surface area (Å²) in [4.78, 5) is 8.58. The Morgan fingerprint density at radius 1 is 1.32 bits per heavy atom. The fraction of sp³-hybridized carbons (Fsp3) is 0.294. The SMILES string of the molecule is CN(C)c1nc(Cl)c(C#N)c2c1CCN2Cc1ccccc1. The van der Waals surface area contributed by atoms with E-state index < -0.39 is 0 Å². The van der Waals surface area contributed by atoms with Gasteiger partial charge in [0.2, 0.25) is 0 Å². The van der Waals surface area contributed by atoms with E-state index in [1.54, 1.807) is 0 Å². The van der Waals surface area contributed by atoms with Crippen LogP contribution in [0, 0.1) is 11.3 Å². The van der Waals surface area contributed by atoms with Crippen molar-refractivity contribution in [2.75, 3.05) is 30.4 Å². The van der Waals surface area contributed by atoms with Gasteiger partial charge in [0.05, 0.1) is 5.69 Å². The zero-order chi connectivity index (χ0) is 15.7. The summed E-state index contributed by atoms with van der Waals surface area (Å²) in [5.74, 6) is 0.856. The van der Waals surface area contributed by atoms with Gasteiger partial charge in [-0.15, -0.1) is 0 Å². The van der Waals surface area contributed by atoms with Gasteiger partial charge >= 0.3 is 0 Å². The van der Waals surface area contributed by atoms with Crippen LogP contribution in [0.2, 0.25) is 5.15 Å². The minimum Gasteiger partial charge on any atom is -0.365 e. The van der Waals surface area contributed by atoms with Crippen LogP contribution in [0.4, 0.5) is 11.5 Å². The summed E-state index contributed by atoms with van der Waals surface area (Å²) in [5.41, 5.74) is 3.76. The number of pyridine rings is 1. The summed E-state index contributed by atoms with van der Waals surface area (Å²) in [6, 6.07) is 12.5. The highest BCUT2D eigenvalue weighted by atomic mass is 35.5. The van der Waals surface area contributed by atoms with Crippen LogP contribution in [-0.2, 0) is 13.0 Å². The van der Waals surface area contributed by atoms with Gasteiger partial charge in [-0.25, -0.2) is 4.98 Å². The molecule has 0 bridgehead atoms. The molecule has 1 aliphatic heterocycles. The minimum absolute atomic E-state index is 0.282. The molecule has 0 fully saturated rings. The Labute approximate surface area is 135 Å². The average Bonchev–Trinajstić information content (AvgIpc) is 2.91. The van der Waals surface area contributed by atoms with Gasteiger partial charge in [0, 0.05) is 32.7 Å². The second-order valence-electron chi connectivity index (χ2n) is 5.59. The van der Waals surface area contributed by atoms with Crippen molar-refractivity contribution in [2.45, 2.75) is 13.0 Å². The summed E-state index contributed by atoms with van der Waals surface area (Å²) in [7, 11) is 3.90. The first-order valence-electron chi connectivity index (χ1n) is 7.20. The van der Waals surface area contributed by atoms with Gasteiger partial charge < -0.3 is 9.80 Å². The van der Waals surface area contributed by atoms with Gasteiger partial charge in [0.25, 0.3) is 0 Å². The molecule has 1 aliphatic rings. The second kappa shape index (κ2) is 5.86. The van der Waals surface area contributed by atoms with E-state index in [4.69, 9.17) is 11.6 Å². The van der Waals surface area contributed by atoms with Crippen LogP contribution < -0.4 is 9.80 Å². The Morgan fingerprint density at radius 2 is 2.05 bits per heavy atom. The van der Waals surface area contributed by atoms with Crippen molar-refractivity contribution in [3.05, 3.63) is 52.2 Å². The average molecular weight is 313 g/mol. The van der Waals surface area contributed by atoms with Crippen LogP contribution in [0.15, 0.2) is 30.3 Å². The van der Waals surface area contributed by atoms with Gasteiger partial charge in [-0.1, -0.05) is 41.9 Å². The van der Waals surface area contributed by atoms with Gasteiger partial charge in [-0.3, -0.25) is 0 Å². The summed E-state index contributed by atoms with van der Waals surface area (Å²) in [5, 5.41) is 9.76. The predicted octanol–water partition coefficient (Wildman–Crippen LogP) is 3.24. The summed E-state index contributed by atoms with van der Waals surface area (Å²) >= 11 is 6.24. The summed E-state index contributed by atoms with van der Waals surface area (Å²) in [6.45, 7) is 1.65. The molecule has 2 aromatic rings. The Kier molecular flexibility index (Phi) is 3.91. The molecule has 0 saturated carbocycles. The van der Waals surface area contributed by atoms with E-state index in [1.165, 1.54) is 5.56 Å². The zero-order valence-electron chi connectivity index (χ0n) is 12.7. The first-order valence-corrected chi connectivity index (χ1v) is 7.58. The molecule has 0 radical (unpaired) electrons. The molecule has 1 aromatic heterocycles. The summed E-state index contributed by atoms with van der Waals surface area (Å²) in [6.07, 6.45) is 0.883. The van der Waals surface area contributed by atoms with Crippen molar-refractivity contribution in [3.8, 4) is 6.07 Å². The smallest absolute Gasteiger partial charge is 0.151 e. The van der Waals surface area contributed by atoms with Gasteiger partial charge in [0.15, 0.2) is 5.15 Å². The molecular formula is C17H17ClN4. The monoisotopic (exact) mass is 312 g/mol. The van der Waals surface area contributed by atoms with E-state index in [0.717, 1.165) is 36.6 Å². The van der Waals surface area contributed by atoms with Gasteiger partial charge in [-0.2, -0.15) is 5.26 Å². The topological polar surface area (TPSA) is 43.2 Å². The quantitative estimate of drug-likeness (QED) is 0.816. The lowest BCUT2D eigenvalue weighted by molar-refractivity contribution is 0.835. The molecule has 5 heteroatoms. The Morgan fingerprint density at radius 3 is 2.68 bits per heavy atom. The van der Waals surface area contributed by atoms with E-state index in [9.17, 15) is 5.26 Å². The molecule has 112 valence electrons. The molecular weight excluding hydrogens is 296 g/mol. The molecule has 1 aromatic carbocycles. The summed E-state index contributed by atoms with van der Waals surface area (Å²) < 4.78 is 0. The van der Waals surface area contributed by atoms with Crippen LogP contribution in [0.5, 0.6) is 0 Å². The highest BCUT2D eigenvalue weighted by Gasteiger charge is 2.29. The maximum Gasteiger partial charge on any atom is 0.151 e. The lowest BCUT2D eigenvalue weighted by Crippen LogP contribution is -2.21. The molecule has 0 atom stereocenters. The molecule has 0 amide bonds. The number of hydrogen-bond acceptors (Lipinski definition) is 4. The van der Waals surface area contributed by atoms with Crippen molar-refractivity contribution in [1.29, 1.82) is 5.26 Å². The molecule has 0 unspecified atom stereocenters. The number of nitriles is 1. The number of hydrogen-bond donors (Lipinski definition) is 0. The lowest BCUT2D eigenvalue weighted by Gasteiger charge is -2.22. The molecule has 0 aliphatic carbocycles. The number of nitrogens with zero attached hydrogens (tertiary/aromatic N) is 4. The van der Waals surface area contributed by atoms with Gasteiger partial charge in [0.1, 0.15) is 17.5 Å². The second-order valence-corrected chi connectivity index (χ2v) is 5.95. The number of aromatic nitrogens is 1. The normalized spacial score (nSPS) is 12.9. The molecule has 4 nitrogen and oxygen atoms in total. The van der Waals surface area contributed by atoms with Crippen molar-refractivity contribution < 1.29 is 0 Å². The fourth-order valence-electron chi connectivity index (χ4n) is 2.94. The maximum absolute atomic E-state index is 9.48. The number of rotatable bonds is 3. The predicted molar refractivity (Wildman–Crippen MR) is 89.5 cm³/mol. The third kappa shape index (κ3) is 2.49. The highest BCUT2D eigenvalue weighted by molar-refractivity contribution is 6.31. The standard InChI is InChI=1S/C17H17ClN4/c1-21(2)17-13-8-9-22(11-12-6-4-3-5-7-12)15(13)14(10-19)16(18)20-17/h3-7H,8-9,11H2,1-2H3. The molecule has 3 rings (SSSR count). The van der Waals surface area contributed by atoms with Crippen LogP contribution in [-0.4, -0.2) is 25.6 Å². The Balaban J connectivity index is 2.07. The van der Waals surface area contributed by atoms with E-state index >= 15 is 0 Å². The first kappa shape index (κ1) is 14.7. The Bertz CT molecular complexity index is 735. The van der Waals surface area contributed by atoms with Gasteiger partial charge in [-0.05, 0) is 12.0 Å².